The molecule has 0 aliphatic rings. The highest BCUT2D eigenvalue weighted by atomic mass is 32.1. The summed E-state index contributed by atoms with van der Waals surface area (Å²) >= 11 is 1.25. The zero-order valence-electron chi connectivity index (χ0n) is 25.6. The van der Waals surface area contributed by atoms with Gasteiger partial charge in [0.25, 0.3) is 0 Å². The van der Waals surface area contributed by atoms with E-state index in [2.05, 4.69) is 22.0 Å². The highest BCUT2D eigenvalue weighted by molar-refractivity contribution is 7.11. The number of aromatic nitrogens is 4. The van der Waals surface area contributed by atoms with E-state index in [0.717, 1.165) is 0 Å². The number of carbonyl (C=O) groups excluding carboxylic acids is 2. The molecule has 0 aliphatic heterocycles. The van der Waals surface area contributed by atoms with Crippen LogP contribution >= 0.6 is 11.3 Å². The number of benzene rings is 2. The van der Waals surface area contributed by atoms with Gasteiger partial charge in [0.2, 0.25) is 0 Å². The molecule has 13 heteroatoms. The molecule has 0 bridgehead atoms. The fourth-order valence-corrected chi connectivity index (χ4v) is 5.32. The molecule has 0 aliphatic carbocycles. The molecule has 44 heavy (non-hydrogen) atoms. The zero-order chi connectivity index (χ0) is 32.2. The second-order valence-corrected chi connectivity index (χ2v) is 12.2. The summed E-state index contributed by atoms with van der Waals surface area (Å²) in [5.74, 6) is 6.51. The number of hydrogen-bond donors (Lipinski definition) is 0. The van der Waals surface area contributed by atoms with Crippen molar-refractivity contribution >= 4 is 34.7 Å². The van der Waals surface area contributed by atoms with E-state index in [9.17, 15) is 18.4 Å². The van der Waals surface area contributed by atoms with Gasteiger partial charge in [-0.3, -0.25) is 14.3 Å². The first kappa shape index (κ1) is 32.5. The molecule has 4 rings (SSSR count). The minimum absolute atomic E-state index is 0.145. The number of imidazole rings is 1. The standard InChI is InChI=1S/C31H34F2N6O4S/c1-8-22(37(5)6)28-34-21-14-12-19(13-15-25-35-36-26(44-25)17-38(7)30(41)43-31(2,3)4)16-23(21)39(28)27-20(18-40)10-9-11-24(27)42-29(32)33/h9-12,14,16,18,22,29H,8,17H2,1-7H3. The number of amides is 1. The molecule has 2 heterocycles. The van der Waals surface area contributed by atoms with Crippen LogP contribution in [-0.4, -0.2) is 75.3 Å². The number of alkyl halides is 2. The second-order valence-electron chi connectivity index (χ2n) is 11.2. The van der Waals surface area contributed by atoms with Crippen molar-refractivity contribution in [3.05, 3.63) is 63.4 Å². The van der Waals surface area contributed by atoms with Gasteiger partial charge in [0.15, 0.2) is 17.0 Å². The van der Waals surface area contributed by atoms with Gasteiger partial charge in [-0.15, -0.1) is 10.2 Å². The maximum atomic E-state index is 13.4. The third-order valence-corrected chi connectivity index (χ3v) is 7.27. The van der Waals surface area contributed by atoms with Crippen LogP contribution in [0.15, 0.2) is 36.4 Å². The molecule has 2 aromatic carbocycles. The van der Waals surface area contributed by atoms with Gasteiger partial charge in [0.1, 0.15) is 22.1 Å². The lowest BCUT2D eigenvalue weighted by Crippen LogP contribution is -2.33. The average Bonchev–Trinajstić information content (AvgIpc) is 3.54. The second kappa shape index (κ2) is 13.5. The molecular weight excluding hydrogens is 590 g/mol. The van der Waals surface area contributed by atoms with Gasteiger partial charge in [0.05, 0.1) is 23.6 Å². The van der Waals surface area contributed by atoms with E-state index in [0.29, 0.717) is 45.1 Å². The first-order chi connectivity index (χ1) is 20.8. The van der Waals surface area contributed by atoms with Gasteiger partial charge < -0.3 is 14.4 Å². The Labute approximate surface area is 258 Å². The minimum atomic E-state index is -3.09. The summed E-state index contributed by atoms with van der Waals surface area (Å²) in [7, 11) is 5.42. The van der Waals surface area contributed by atoms with E-state index in [1.165, 1.54) is 28.4 Å². The van der Waals surface area contributed by atoms with Crippen molar-refractivity contribution in [3.63, 3.8) is 0 Å². The number of halogens is 2. The van der Waals surface area contributed by atoms with Crippen LogP contribution in [0.1, 0.15) is 71.9 Å². The van der Waals surface area contributed by atoms with Crippen LogP contribution in [0, 0.1) is 11.8 Å². The fourth-order valence-electron chi connectivity index (χ4n) is 4.57. The van der Waals surface area contributed by atoms with Crippen LogP contribution in [0.25, 0.3) is 16.7 Å². The molecule has 232 valence electrons. The molecule has 0 saturated heterocycles. The molecular formula is C31H34F2N6O4S. The van der Waals surface area contributed by atoms with Gasteiger partial charge in [-0.25, -0.2) is 9.78 Å². The molecule has 1 amide bonds. The van der Waals surface area contributed by atoms with Crippen LogP contribution in [-0.2, 0) is 11.3 Å². The Kier molecular flexibility index (Phi) is 9.96. The number of ether oxygens (including phenoxy) is 2. The Morgan fingerprint density at radius 3 is 2.52 bits per heavy atom. The Hall–Kier alpha value is -4.41. The average molecular weight is 625 g/mol. The van der Waals surface area contributed by atoms with Crippen LogP contribution in [0.5, 0.6) is 5.75 Å². The third-order valence-electron chi connectivity index (χ3n) is 6.44. The Bertz CT molecular complexity index is 1720. The van der Waals surface area contributed by atoms with Gasteiger partial charge in [-0.2, -0.15) is 8.78 Å². The normalized spacial score (nSPS) is 12.2. The summed E-state index contributed by atoms with van der Waals surface area (Å²) in [4.78, 5) is 32.7. The lowest BCUT2D eigenvalue weighted by molar-refractivity contribution is -0.0499. The van der Waals surface area contributed by atoms with Crippen molar-refractivity contribution in [1.82, 2.24) is 29.5 Å². The minimum Gasteiger partial charge on any atom is -0.444 e. The summed E-state index contributed by atoms with van der Waals surface area (Å²) in [5, 5.41) is 9.31. The predicted octanol–water partition coefficient (Wildman–Crippen LogP) is 6.07. The molecule has 0 N–H and O–H groups in total. The number of nitrogens with zero attached hydrogens (tertiary/aromatic N) is 6. The molecule has 0 spiro atoms. The van der Waals surface area contributed by atoms with Crippen LogP contribution < -0.4 is 4.74 Å². The first-order valence-electron chi connectivity index (χ1n) is 13.8. The van der Waals surface area contributed by atoms with Crippen LogP contribution in [0.2, 0.25) is 0 Å². The molecule has 1 unspecified atom stereocenters. The predicted molar refractivity (Wildman–Crippen MR) is 163 cm³/mol. The first-order valence-corrected chi connectivity index (χ1v) is 14.6. The van der Waals surface area contributed by atoms with Crippen molar-refractivity contribution in [2.75, 3.05) is 21.1 Å². The molecule has 4 aromatic rings. The van der Waals surface area contributed by atoms with Crippen LogP contribution in [0.4, 0.5) is 13.6 Å². The van der Waals surface area contributed by atoms with Gasteiger partial charge in [0, 0.05) is 18.2 Å². The fraction of sp³-hybridized carbons (Fsp3) is 0.387. The highest BCUT2D eigenvalue weighted by Crippen LogP contribution is 2.36. The Morgan fingerprint density at radius 1 is 1.14 bits per heavy atom. The van der Waals surface area contributed by atoms with E-state index in [1.54, 1.807) is 56.7 Å². The number of rotatable bonds is 9. The third kappa shape index (κ3) is 7.56. The van der Waals surface area contributed by atoms with Crippen LogP contribution in [0.3, 0.4) is 0 Å². The maximum absolute atomic E-state index is 13.4. The van der Waals surface area contributed by atoms with Crippen molar-refractivity contribution in [3.8, 4) is 23.3 Å². The van der Waals surface area contributed by atoms with Crippen molar-refractivity contribution in [2.24, 2.45) is 0 Å². The van der Waals surface area contributed by atoms with E-state index in [4.69, 9.17) is 14.5 Å². The van der Waals surface area contributed by atoms with Gasteiger partial charge >= 0.3 is 12.7 Å². The number of fused-ring (bicyclic) bond motifs is 1. The topological polar surface area (TPSA) is 103 Å². The Morgan fingerprint density at radius 2 is 1.89 bits per heavy atom. The van der Waals surface area contributed by atoms with E-state index < -0.39 is 18.3 Å². The number of hydrogen-bond acceptors (Lipinski definition) is 9. The van der Waals surface area contributed by atoms with E-state index in [-0.39, 0.29) is 29.6 Å². The summed E-state index contributed by atoms with van der Waals surface area (Å²) < 4.78 is 38.8. The molecule has 2 aromatic heterocycles. The molecule has 10 nitrogen and oxygen atoms in total. The SMILES string of the molecule is CCC(c1nc2ccc(C#Cc3nnc(CN(C)C(=O)OC(C)(C)C)s3)cc2n1-c1c(C=O)cccc1OC(F)F)N(C)C. The highest BCUT2D eigenvalue weighted by Gasteiger charge is 2.26. The van der Waals surface area contributed by atoms with Gasteiger partial charge in [-0.05, 0) is 77.5 Å². The lowest BCUT2D eigenvalue weighted by atomic mass is 10.1. The summed E-state index contributed by atoms with van der Waals surface area (Å²) in [6, 6.07) is 9.61. The summed E-state index contributed by atoms with van der Waals surface area (Å²) in [6.45, 7) is 4.51. The zero-order valence-corrected chi connectivity index (χ0v) is 26.4. The van der Waals surface area contributed by atoms with E-state index >= 15 is 0 Å². The molecule has 1 atom stereocenters. The lowest BCUT2D eigenvalue weighted by Gasteiger charge is -2.25. The monoisotopic (exact) mass is 624 g/mol. The largest absolute Gasteiger partial charge is 0.444 e. The molecule has 0 fully saturated rings. The summed E-state index contributed by atoms with van der Waals surface area (Å²) in [5.41, 5.74) is 1.50. The number of carbonyl (C=O) groups is 2. The molecule has 0 radical (unpaired) electrons. The van der Waals surface area contributed by atoms with Crippen molar-refractivity contribution < 1.29 is 27.8 Å². The quantitative estimate of drug-likeness (QED) is 0.163. The summed E-state index contributed by atoms with van der Waals surface area (Å²) in [6.07, 6.45) is 0.804. The van der Waals surface area contributed by atoms with Gasteiger partial charge in [-0.1, -0.05) is 30.2 Å². The maximum Gasteiger partial charge on any atom is 0.410 e. The Balaban J connectivity index is 1.76. The smallest absolute Gasteiger partial charge is 0.410 e. The molecule has 0 saturated carbocycles. The number of aldehydes is 1. The van der Waals surface area contributed by atoms with E-state index in [1.807, 2.05) is 25.9 Å². The van der Waals surface area contributed by atoms with Crippen molar-refractivity contribution in [1.29, 1.82) is 0 Å². The van der Waals surface area contributed by atoms with Crippen molar-refractivity contribution in [2.45, 2.75) is 58.9 Å². The number of para-hydroxylation sites is 1.